The minimum Gasteiger partial charge on any atom is -0.494 e. The molecule has 4 rings (SSSR count). The summed E-state index contributed by atoms with van der Waals surface area (Å²) in [5.41, 5.74) is 6.93. The molecular weight excluding hydrogens is 532 g/mol. The van der Waals surface area contributed by atoms with Crippen LogP contribution in [0.25, 0.3) is 0 Å². The molecule has 0 heterocycles. The summed E-state index contributed by atoms with van der Waals surface area (Å²) < 4.78 is 5.46. The maximum atomic E-state index is 12.7. The van der Waals surface area contributed by atoms with Gasteiger partial charge in [0.15, 0.2) is 0 Å². The van der Waals surface area contributed by atoms with Gasteiger partial charge in [0.05, 0.1) is 18.0 Å². The van der Waals surface area contributed by atoms with E-state index < -0.39 is 0 Å². The fraction of sp³-hybridized carbons (Fsp3) is 0.263. The zero-order valence-corrected chi connectivity index (χ0v) is 25.3. The normalized spacial score (nSPS) is 12.1. The molecule has 0 aliphatic heterocycles. The summed E-state index contributed by atoms with van der Waals surface area (Å²) in [4.78, 5) is 34.3. The number of carbonyl (C=O) groups is 2. The number of carbonyl (C=O) groups excluding carboxylic acids is 2. The fourth-order valence-electron chi connectivity index (χ4n) is 4.68. The lowest BCUT2D eigenvalue weighted by Crippen LogP contribution is -2.11. The molecule has 0 N–H and O–H groups in total. The maximum Gasteiger partial charge on any atom is 0.137 e. The monoisotopic (exact) mass is 572 g/mol. The molecule has 220 valence electrons. The third-order valence-corrected chi connectivity index (χ3v) is 7.16. The van der Waals surface area contributed by atoms with Gasteiger partial charge in [-0.05, 0) is 84.8 Å². The average Bonchev–Trinajstić information content (AvgIpc) is 3.01. The lowest BCUT2D eigenvalue weighted by atomic mass is 9.94. The van der Waals surface area contributed by atoms with Crippen LogP contribution in [0.3, 0.4) is 0 Å². The summed E-state index contributed by atoms with van der Waals surface area (Å²) >= 11 is 0. The molecule has 0 bridgehead atoms. The second-order valence-electron chi connectivity index (χ2n) is 11.0. The molecule has 0 unspecified atom stereocenters. The third kappa shape index (κ3) is 10.9. The minimum absolute atomic E-state index is 0.165. The second kappa shape index (κ2) is 16.1. The summed E-state index contributed by atoms with van der Waals surface area (Å²) in [6.07, 6.45) is 6.12. The van der Waals surface area contributed by atoms with Crippen molar-refractivity contribution in [2.24, 2.45) is 15.9 Å². The Morgan fingerprint density at radius 3 is 1.70 bits per heavy atom. The molecule has 4 aromatic rings. The summed E-state index contributed by atoms with van der Waals surface area (Å²) in [6.45, 7) is 6.70. The number of hydrogen-bond acceptors (Lipinski definition) is 5. The molecule has 0 aromatic heterocycles. The van der Waals surface area contributed by atoms with Crippen LogP contribution in [0.15, 0.2) is 107 Å². The van der Waals surface area contributed by atoms with Crippen molar-refractivity contribution < 1.29 is 14.3 Å². The first kappa shape index (κ1) is 31.3. The van der Waals surface area contributed by atoms with Gasteiger partial charge in [0.25, 0.3) is 0 Å². The van der Waals surface area contributed by atoms with Crippen LogP contribution in [0, 0.1) is 12.8 Å². The van der Waals surface area contributed by atoms with Crippen molar-refractivity contribution in [1.29, 1.82) is 0 Å². The molecular formula is C38H40N2O3. The highest BCUT2D eigenvalue weighted by atomic mass is 16.5. The number of aryl methyl sites for hydroxylation is 1. The van der Waals surface area contributed by atoms with Crippen LogP contribution in [0.1, 0.15) is 60.9 Å². The van der Waals surface area contributed by atoms with Gasteiger partial charge in [0, 0.05) is 38.1 Å². The standard InChI is InChI=1S/C38H40N2O3/c1-4-43-38-21-18-35(19-22-38)40-27-32-12-8-30(9-13-32)24-36(41)20-7-29(3)23-37(42)25-31-10-14-33(15-11-31)26-39-34-16-5-28(2)6-17-34/h5-6,8-19,21-22,26-27,29H,4,7,20,23-25H2,1-3H3/b39-26+,40-27+/t29-/m0/s1. The average molecular weight is 573 g/mol. The van der Waals surface area contributed by atoms with E-state index in [1.165, 1.54) is 5.56 Å². The van der Waals surface area contributed by atoms with Gasteiger partial charge in [0.2, 0.25) is 0 Å². The van der Waals surface area contributed by atoms with E-state index in [2.05, 4.69) is 16.9 Å². The van der Waals surface area contributed by atoms with E-state index in [1.54, 1.807) is 0 Å². The van der Waals surface area contributed by atoms with Crippen molar-refractivity contribution in [1.82, 2.24) is 0 Å². The first-order valence-corrected chi connectivity index (χ1v) is 14.9. The molecule has 4 aromatic carbocycles. The van der Waals surface area contributed by atoms with Crippen LogP contribution < -0.4 is 4.74 Å². The predicted molar refractivity (Wildman–Crippen MR) is 177 cm³/mol. The Hall–Kier alpha value is -4.64. The Balaban J connectivity index is 1.16. The molecule has 0 saturated heterocycles. The molecule has 0 amide bonds. The molecule has 0 aliphatic carbocycles. The van der Waals surface area contributed by atoms with E-state index in [9.17, 15) is 9.59 Å². The lowest BCUT2D eigenvalue weighted by molar-refractivity contribution is -0.121. The lowest BCUT2D eigenvalue weighted by Gasteiger charge is -2.10. The highest BCUT2D eigenvalue weighted by Gasteiger charge is 2.13. The van der Waals surface area contributed by atoms with Crippen LogP contribution in [-0.4, -0.2) is 30.6 Å². The molecule has 5 heteroatoms. The predicted octanol–water partition coefficient (Wildman–Crippen LogP) is 8.62. The number of ketones is 2. The van der Waals surface area contributed by atoms with Gasteiger partial charge in [-0.3, -0.25) is 19.6 Å². The van der Waals surface area contributed by atoms with Gasteiger partial charge in [-0.1, -0.05) is 73.2 Å². The SMILES string of the molecule is CCOc1ccc(/N=C/c2ccc(CC(=O)CC[C@H](C)CC(=O)Cc3ccc(/C=N/c4ccc(C)cc4)cc3)cc2)cc1. The number of Topliss-reactive ketones (excluding diaryl/α,β-unsaturated/α-hetero) is 2. The second-order valence-corrected chi connectivity index (χ2v) is 11.0. The van der Waals surface area contributed by atoms with Gasteiger partial charge in [-0.15, -0.1) is 0 Å². The molecule has 0 aliphatic rings. The molecule has 0 saturated carbocycles. The Bertz CT molecular complexity index is 1520. The third-order valence-electron chi connectivity index (χ3n) is 7.16. The van der Waals surface area contributed by atoms with Crippen LogP contribution >= 0.6 is 0 Å². The van der Waals surface area contributed by atoms with Crippen molar-refractivity contribution in [2.75, 3.05) is 6.61 Å². The fourth-order valence-corrected chi connectivity index (χ4v) is 4.68. The quantitative estimate of drug-likeness (QED) is 0.134. The first-order chi connectivity index (χ1) is 20.9. The summed E-state index contributed by atoms with van der Waals surface area (Å²) in [6, 6.07) is 31.6. The zero-order valence-electron chi connectivity index (χ0n) is 25.3. The number of benzene rings is 4. The van der Waals surface area contributed by atoms with Gasteiger partial charge >= 0.3 is 0 Å². The van der Waals surface area contributed by atoms with Gasteiger partial charge in [0.1, 0.15) is 17.3 Å². The van der Waals surface area contributed by atoms with Gasteiger partial charge in [-0.25, -0.2) is 0 Å². The van der Waals surface area contributed by atoms with E-state index in [0.29, 0.717) is 38.7 Å². The summed E-state index contributed by atoms with van der Waals surface area (Å²) in [7, 11) is 0. The Labute approximate surface area is 255 Å². The van der Waals surface area contributed by atoms with Crippen LogP contribution in [0.5, 0.6) is 5.75 Å². The summed E-state index contributed by atoms with van der Waals surface area (Å²) in [5.74, 6) is 1.39. The van der Waals surface area contributed by atoms with E-state index >= 15 is 0 Å². The highest BCUT2D eigenvalue weighted by molar-refractivity contribution is 5.85. The zero-order chi connectivity index (χ0) is 30.4. The molecule has 0 fully saturated rings. The van der Waals surface area contributed by atoms with Crippen LogP contribution in [0.2, 0.25) is 0 Å². The van der Waals surface area contributed by atoms with Gasteiger partial charge < -0.3 is 4.74 Å². The highest BCUT2D eigenvalue weighted by Crippen LogP contribution is 2.19. The number of aliphatic imine (C=N–C) groups is 2. The Kier molecular flexibility index (Phi) is 11.7. The molecule has 0 spiro atoms. The topological polar surface area (TPSA) is 68.1 Å². The number of hydrogen-bond donors (Lipinski definition) is 0. The molecule has 5 nitrogen and oxygen atoms in total. The Morgan fingerprint density at radius 1 is 0.698 bits per heavy atom. The molecule has 1 atom stereocenters. The van der Waals surface area contributed by atoms with E-state index in [-0.39, 0.29) is 17.5 Å². The number of nitrogens with zero attached hydrogens (tertiary/aromatic N) is 2. The van der Waals surface area contributed by atoms with Gasteiger partial charge in [-0.2, -0.15) is 0 Å². The Morgan fingerprint density at radius 2 is 1.19 bits per heavy atom. The number of ether oxygens (including phenoxy) is 1. The van der Waals surface area contributed by atoms with Crippen molar-refractivity contribution in [2.45, 2.75) is 52.9 Å². The number of rotatable bonds is 15. The molecule has 0 radical (unpaired) electrons. The van der Waals surface area contributed by atoms with Crippen molar-refractivity contribution >= 4 is 35.4 Å². The smallest absolute Gasteiger partial charge is 0.137 e. The molecule has 43 heavy (non-hydrogen) atoms. The minimum atomic E-state index is 0.165. The van der Waals surface area contributed by atoms with Crippen molar-refractivity contribution in [3.05, 3.63) is 125 Å². The van der Waals surface area contributed by atoms with Crippen molar-refractivity contribution in [3.63, 3.8) is 0 Å². The largest absolute Gasteiger partial charge is 0.494 e. The van der Waals surface area contributed by atoms with E-state index in [4.69, 9.17) is 4.74 Å². The van der Waals surface area contributed by atoms with E-state index in [0.717, 1.165) is 39.4 Å². The van der Waals surface area contributed by atoms with Crippen molar-refractivity contribution in [3.8, 4) is 5.75 Å². The van der Waals surface area contributed by atoms with Crippen LogP contribution in [0.4, 0.5) is 11.4 Å². The van der Waals surface area contributed by atoms with E-state index in [1.807, 2.05) is 123 Å². The maximum absolute atomic E-state index is 12.7. The first-order valence-electron chi connectivity index (χ1n) is 14.9. The summed E-state index contributed by atoms with van der Waals surface area (Å²) in [5, 5.41) is 0. The van der Waals surface area contributed by atoms with Crippen LogP contribution in [-0.2, 0) is 22.4 Å².